The molecule has 1 aromatic rings. The molecule has 2 atom stereocenters. The number of hydrogen-bond donors (Lipinski definition) is 1. The average Bonchev–Trinajstić information content (AvgIpc) is 2.81. The van der Waals surface area contributed by atoms with Crippen LogP contribution in [0.2, 0.25) is 0 Å². The molecule has 2 fully saturated rings. The van der Waals surface area contributed by atoms with Crippen LogP contribution in [0, 0.1) is 11.6 Å². The van der Waals surface area contributed by atoms with Crippen LogP contribution in [0.5, 0.6) is 0 Å². The molecule has 19 heavy (non-hydrogen) atoms. The molecule has 1 aromatic carbocycles. The van der Waals surface area contributed by atoms with Gasteiger partial charge in [0.1, 0.15) is 11.6 Å². The Morgan fingerprint density at radius 1 is 1.21 bits per heavy atom. The maximum atomic E-state index is 13.8. The molecule has 1 heterocycles. The molecule has 1 aliphatic heterocycles. The van der Waals surface area contributed by atoms with E-state index < -0.39 is 29.4 Å². The predicted octanol–water partition coefficient (Wildman–Crippen LogP) is 2.34. The van der Waals surface area contributed by atoms with Crippen LogP contribution in [0.1, 0.15) is 30.7 Å². The van der Waals surface area contributed by atoms with Crippen molar-refractivity contribution in [2.45, 2.75) is 37.1 Å². The lowest BCUT2D eigenvalue weighted by atomic mass is 9.78. The molecule has 1 aliphatic carbocycles. The van der Waals surface area contributed by atoms with Crippen LogP contribution in [0.15, 0.2) is 18.2 Å². The van der Waals surface area contributed by atoms with Crippen molar-refractivity contribution < 1.29 is 23.4 Å². The van der Waals surface area contributed by atoms with Gasteiger partial charge in [-0.1, -0.05) is 0 Å². The van der Waals surface area contributed by atoms with E-state index in [1.54, 1.807) is 0 Å². The molecule has 0 bridgehead atoms. The molecule has 0 amide bonds. The van der Waals surface area contributed by atoms with Crippen LogP contribution in [0.25, 0.3) is 0 Å². The Morgan fingerprint density at radius 2 is 1.95 bits per heavy atom. The predicted molar refractivity (Wildman–Crippen MR) is 63.6 cm³/mol. The molecule has 1 saturated carbocycles. The third-order valence-electron chi connectivity index (χ3n) is 3.99. The first-order valence-electron chi connectivity index (χ1n) is 6.51. The Hall–Kier alpha value is -1.04. The zero-order chi connectivity index (χ0) is 13.5. The molecule has 1 spiro atoms. The van der Waals surface area contributed by atoms with Gasteiger partial charge < -0.3 is 14.6 Å². The van der Waals surface area contributed by atoms with E-state index in [2.05, 4.69) is 0 Å². The number of aliphatic hydroxyl groups excluding tert-OH is 1. The highest BCUT2D eigenvalue weighted by Gasteiger charge is 2.45. The Labute approximate surface area is 110 Å². The smallest absolute Gasteiger partial charge is 0.171 e. The van der Waals surface area contributed by atoms with E-state index in [1.165, 1.54) is 0 Å². The molecule has 2 aliphatic rings. The zero-order valence-corrected chi connectivity index (χ0v) is 10.4. The van der Waals surface area contributed by atoms with Gasteiger partial charge in [0.2, 0.25) is 0 Å². The van der Waals surface area contributed by atoms with E-state index in [4.69, 9.17) is 9.47 Å². The first-order chi connectivity index (χ1) is 9.10. The monoisotopic (exact) mass is 270 g/mol. The highest BCUT2D eigenvalue weighted by molar-refractivity contribution is 5.25. The highest BCUT2D eigenvalue weighted by Crippen LogP contribution is 2.43. The van der Waals surface area contributed by atoms with E-state index in [0.29, 0.717) is 32.5 Å². The number of ether oxygens (including phenoxy) is 2. The first-order valence-corrected chi connectivity index (χ1v) is 6.51. The number of rotatable bonds is 1. The van der Waals surface area contributed by atoms with Crippen molar-refractivity contribution in [3.63, 3.8) is 0 Å². The molecule has 0 radical (unpaired) electrons. The molecule has 1 saturated heterocycles. The minimum Gasteiger partial charge on any atom is -0.392 e. The minimum absolute atomic E-state index is 0.236. The van der Waals surface area contributed by atoms with Crippen LogP contribution in [0.3, 0.4) is 0 Å². The van der Waals surface area contributed by atoms with Crippen LogP contribution in [-0.4, -0.2) is 30.2 Å². The van der Waals surface area contributed by atoms with Crippen molar-refractivity contribution >= 4 is 0 Å². The van der Waals surface area contributed by atoms with Gasteiger partial charge in [0.15, 0.2) is 5.79 Å². The maximum absolute atomic E-state index is 13.8. The van der Waals surface area contributed by atoms with Gasteiger partial charge in [0.05, 0.1) is 19.3 Å². The summed E-state index contributed by atoms with van der Waals surface area (Å²) in [7, 11) is 0. The van der Waals surface area contributed by atoms with Gasteiger partial charge in [-0.15, -0.1) is 0 Å². The Bertz CT molecular complexity index is 472. The second-order valence-corrected chi connectivity index (χ2v) is 5.19. The van der Waals surface area contributed by atoms with Gasteiger partial charge in [-0.25, -0.2) is 8.78 Å². The molecule has 0 unspecified atom stereocenters. The second kappa shape index (κ2) is 4.81. The molecule has 3 rings (SSSR count). The van der Waals surface area contributed by atoms with Crippen molar-refractivity contribution in [1.29, 1.82) is 0 Å². The molecule has 5 heteroatoms. The van der Waals surface area contributed by atoms with Crippen LogP contribution < -0.4 is 0 Å². The standard InChI is InChI=1S/C14H16F2O3/c15-9-1-2-12(16)11(7-9)10-3-4-14(8-13(10)17)18-5-6-19-14/h1-2,7,10,13,17H,3-6,8H2/t10-,13+/m0/s1. The summed E-state index contributed by atoms with van der Waals surface area (Å²) >= 11 is 0. The topological polar surface area (TPSA) is 38.7 Å². The van der Waals surface area contributed by atoms with E-state index in [0.717, 1.165) is 18.2 Å². The Morgan fingerprint density at radius 3 is 2.63 bits per heavy atom. The van der Waals surface area contributed by atoms with Gasteiger partial charge in [-0.3, -0.25) is 0 Å². The minimum atomic E-state index is -0.789. The van der Waals surface area contributed by atoms with E-state index >= 15 is 0 Å². The third kappa shape index (κ3) is 2.38. The van der Waals surface area contributed by atoms with Crippen molar-refractivity contribution in [2.24, 2.45) is 0 Å². The lowest BCUT2D eigenvalue weighted by molar-refractivity contribution is -0.199. The largest absolute Gasteiger partial charge is 0.392 e. The second-order valence-electron chi connectivity index (χ2n) is 5.19. The normalized spacial score (nSPS) is 29.8. The summed E-state index contributed by atoms with van der Waals surface area (Å²) in [6.45, 7) is 1.04. The highest BCUT2D eigenvalue weighted by atomic mass is 19.1. The summed E-state index contributed by atoms with van der Waals surface area (Å²) in [6, 6.07) is 3.35. The molecule has 0 aromatic heterocycles. The van der Waals surface area contributed by atoms with E-state index in [9.17, 15) is 13.9 Å². The quantitative estimate of drug-likeness (QED) is 0.851. The van der Waals surface area contributed by atoms with E-state index in [-0.39, 0.29) is 5.56 Å². The van der Waals surface area contributed by atoms with E-state index in [1.807, 2.05) is 0 Å². The van der Waals surface area contributed by atoms with Gasteiger partial charge in [-0.2, -0.15) is 0 Å². The number of halogens is 2. The Balaban J connectivity index is 1.81. The lowest BCUT2D eigenvalue weighted by Gasteiger charge is -2.39. The molecule has 104 valence electrons. The summed E-state index contributed by atoms with van der Waals surface area (Å²) < 4.78 is 38.1. The van der Waals surface area contributed by atoms with Crippen molar-refractivity contribution in [3.8, 4) is 0 Å². The summed E-state index contributed by atoms with van der Waals surface area (Å²) in [5, 5.41) is 10.2. The fourth-order valence-corrected chi connectivity index (χ4v) is 3.05. The lowest BCUT2D eigenvalue weighted by Crippen LogP contribution is -2.42. The van der Waals surface area contributed by atoms with Gasteiger partial charge in [0.25, 0.3) is 0 Å². The number of hydrogen-bond acceptors (Lipinski definition) is 3. The Kier molecular flexibility index (Phi) is 3.28. The molecular weight excluding hydrogens is 254 g/mol. The first kappa shape index (κ1) is 13.0. The molecule has 1 N–H and O–H groups in total. The SMILES string of the molecule is O[C@@H]1CC2(CC[C@H]1c1cc(F)ccc1F)OCCO2. The fraction of sp³-hybridized carbons (Fsp3) is 0.571. The van der Waals surface area contributed by atoms with Crippen molar-refractivity contribution in [3.05, 3.63) is 35.4 Å². The number of benzene rings is 1. The maximum Gasteiger partial charge on any atom is 0.171 e. The number of aliphatic hydroxyl groups is 1. The summed E-state index contributed by atoms with van der Waals surface area (Å²) in [6.07, 6.45) is 0.614. The summed E-state index contributed by atoms with van der Waals surface area (Å²) in [5.41, 5.74) is 0.236. The van der Waals surface area contributed by atoms with Crippen molar-refractivity contribution in [1.82, 2.24) is 0 Å². The summed E-state index contributed by atoms with van der Waals surface area (Å²) in [4.78, 5) is 0. The summed E-state index contributed by atoms with van der Waals surface area (Å²) in [5.74, 6) is -2.10. The van der Waals surface area contributed by atoms with Crippen molar-refractivity contribution in [2.75, 3.05) is 13.2 Å². The zero-order valence-electron chi connectivity index (χ0n) is 10.4. The van der Waals surface area contributed by atoms with Gasteiger partial charge >= 0.3 is 0 Å². The molecular formula is C14H16F2O3. The van der Waals surface area contributed by atoms with Crippen LogP contribution >= 0.6 is 0 Å². The van der Waals surface area contributed by atoms with Gasteiger partial charge in [0, 0.05) is 18.8 Å². The van der Waals surface area contributed by atoms with Crippen LogP contribution in [-0.2, 0) is 9.47 Å². The third-order valence-corrected chi connectivity index (χ3v) is 3.99. The average molecular weight is 270 g/mol. The molecule has 3 nitrogen and oxygen atoms in total. The van der Waals surface area contributed by atoms with Gasteiger partial charge in [-0.05, 0) is 30.2 Å². The fourth-order valence-electron chi connectivity index (χ4n) is 3.05. The van der Waals surface area contributed by atoms with Crippen LogP contribution in [0.4, 0.5) is 8.78 Å².